The topological polar surface area (TPSA) is 62.6 Å². The van der Waals surface area contributed by atoms with Gasteiger partial charge in [0.1, 0.15) is 0 Å². The van der Waals surface area contributed by atoms with Crippen molar-refractivity contribution in [1.29, 1.82) is 0 Å². The monoisotopic (exact) mass is 382 g/mol. The van der Waals surface area contributed by atoms with E-state index in [0.717, 1.165) is 6.42 Å². The molecule has 0 spiro atoms. The molecule has 5 heteroatoms. The SMILES string of the molecule is CC(CC(C)(C)c1ccccc1)NC(=O)C1CCN(C(=O)c2ccco2)CC1. The Morgan fingerprint density at radius 3 is 2.43 bits per heavy atom. The van der Waals surface area contributed by atoms with Gasteiger partial charge in [0, 0.05) is 25.0 Å². The van der Waals surface area contributed by atoms with E-state index in [1.807, 2.05) is 6.07 Å². The van der Waals surface area contributed by atoms with Crippen LogP contribution in [0.5, 0.6) is 0 Å². The number of furan rings is 1. The first-order valence-corrected chi connectivity index (χ1v) is 10.1. The maximum absolute atomic E-state index is 12.7. The molecule has 0 aliphatic carbocycles. The number of nitrogens with one attached hydrogen (secondary N) is 1. The summed E-state index contributed by atoms with van der Waals surface area (Å²) in [5.74, 6) is 0.325. The van der Waals surface area contributed by atoms with Gasteiger partial charge in [-0.2, -0.15) is 0 Å². The standard InChI is InChI=1S/C23H30N2O3/c1-17(16-23(2,3)19-8-5-4-6-9-19)24-21(26)18-11-13-25(14-12-18)22(27)20-10-7-15-28-20/h4-10,15,17-18H,11-14,16H2,1-3H3,(H,24,26). The molecule has 3 rings (SSSR count). The molecule has 0 radical (unpaired) electrons. The van der Waals surface area contributed by atoms with Gasteiger partial charge in [0.15, 0.2) is 5.76 Å². The molecule has 1 aliphatic rings. The van der Waals surface area contributed by atoms with Crippen LogP contribution in [-0.2, 0) is 10.2 Å². The van der Waals surface area contributed by atoms with E-state index in [1.54, 1.807) is 17.0 Å². The lowest BCUT2D eigenvalue weighted by atomic mass is 9.79. The zero-order chi connectivity index (χ0) is 20.1. The summed E-state index contributed by atoms with van der Waals surface area (Å²) in [6.07, 6.45) is 3.75. The summed E-state index contributed by atoms with van der Waals surface area (Å²) in [5, 5.41) is 3.19. The average Bonchev–Trinajstić information content (AvgIpc) is 3.22. The van der Waals surface area contributed by atoms with E-state index in [9.17, 15) is 9.59 Å². The van der Waals surface area contributed by atoms with Crippen LogP contribution in [-0.4, -0.2) is 35.8 Å². The third-order valence-corrected chi connectivity index (χ3v) is 5.65. The number of piperidine rings is 1. The van der Waals surface area contributed by atoms with E-state index >= 15 is 0 Å². The Kier molecular flexibility index (Phi) is 6.22. The minimum absolute atomic E-state index is 0.00716. The lowest BCUT2D eigenvalue weighted by molar-refractivity contribution is -0.127. The molecule has 1 aromatic heterocycles. The van der Waals surface area contributed by atoms with Crippen molar-refractivity contribution in [3.8, 4) is 0 Å². The number of hydrogen-bond donors (Lipinski definition) is 1. The van der Waals surface area contributed by atoms with Crippen LogP contribution < -0.4 is 5.32 Å². The first-order chi connectivity index (χ1) is 13.4. The Morgan fingerprint density at radius 1 is 1.14 bits per heavy atom. The summed E-state index contributed by atoms with van der Waals surface area (Å²) in [6, 6.07) is 13.9. The van der Waals surface area contributed by atoms with Crippen molar-refractivity contribution >= 4 is 11.8 Å². The minimum Gasteiger partial charge on any atom is -0.459 e. The molecule has 1 saturated heterocycles. The van der Waals surface area contributed by atoms with Crippen LogP contribution in [0, 0.1) is 5.92 Å². The summed E-state index contributed by atoms with van der Waals surface area (Å²) < 4.78 is 5.19. The van der Waals surface area contributed by atoms with Crippen molar-refractivity contribution in [2.45, 2.75) is 51.5 Å². The number of likely N-dealkylation sites (tertiary alicyclic amines) is 1. The fraction of sp³-hybridized carbons (Fsp3) is 0.478. The highest BCUT2D eigenvalue weighted by molar-refractivity contribution is 5.91. The van der Waals surface area contributed by atoms with Crippen LogP contribution in [0.3, 0.4) is 0 Å². The molecule has 1 N–H and O–H groups in total. The van der Waals surface area contributed by atoms with Gasteiger partial charge in [-0.1, -0.05) is 44.2 Å². The molecule has 28 heavy (non-hydrogen) atoms. The van der Waals surface area contributed by atoms with Crippen LogP contribution in [0.4, 0.5) is 0 Å². The predicted octanol–water partition coefficient (Wildman–Crippen LogP) is 4.00. The van der Waals surface area contributed by atoms with Crippen LogP contribution in [0.2, 0.25) is 0 Å². The Bertz CT molecular complexity index is 775. The molecule has 1 fully saturated rings. The molecule has 2 amide bonds. The molecular formula is C23H30N2O3. The fourth-order valence-corrected chi connectivity index (χ4v) is 4.09. The van der Waals surface area contributed by atoms with Crippen LogP contribution in [0.15, 0.2) is 53.1 Å². The van der Waals surface area contributed by atoms with Gasteiger partial charge in [0.05, 0.1) is 6.26 Å². The normalized spacial score (nSPS) is 16.6. The molecule has 5 nitrogen and oxygen atoms in total. The van der Waals surface area contributed by atoms with Gasteiger partial charge in [-0.25, -0.2) is 0 Å². The number of carbonyl (C=O) groups excluding carboxylic acids is 2. The minimum atomic E-state index is -0.0955. The molecular weight excluding hydrogens is 352 g/mol. The largest absolute Gasteiger partial charge is 0.459 e. The van der Waals surface area contributed by atoms with E-state index in [1.165, 1.54) is 11.8 Å². The Morgan fingerprint density at radius 2 is 1.82 bits per heavy atom. The average molecular weight is 383 g/mol. The van der Waals surface area contributed by atoms with Gasteiger partial charge in [0.2, 0.25) is 5.91 Å². The first-order valence-electron chi connectivity index (χ1n) is 10.1. The zero-order valence-corrected chi connectivity index (χ0v) is 17.0. The molecule has 0 bridgehead atoms. The van der Waals surface area contributed by atoms with E-state index < -0.39 is 0 Å². The third-order valence-electron chi connectivity index (χ3n) is 5.65. The number of benzene rings is 1. The molecule has 1 unspecified atom stereocenters. The van der Waals surface area contributed by atoms with Gasteiger partial charge >= 0.3 is 0 Å². The summed E-state index contributed by atoms with van der Waals surface area (Å²) in [6.45, 7) is 7.66. The maximum Gasteiger partial charge on any atom is 0.289 e. The second-order valence-corrected chi connectivity index (χ2v) is 8.41. The van der Waals surface area contributed by atoms with E-state index in [-0.39, 0.29) is 29.2 Å². The Balaban J connectivity index is 1.48. The predicted molar refractivity (Wildman–Crippen MR) is 109 cm³/mol. The second-order valence-electron chi connectivity index (χ2n) is 8.41. The van der Waals surface area contributed by atoms with E-state index in [0.29, 0.717) is 31.7 Å². The van der Waals surface area contributed by atoms with Crippen LogP contribution in [0.25, 0.3) is 0 Å². The Labute approximate surface area is 167 Å². The smallest absolute Gasteiger partial charge is 0.289 e. The summed E-state index contributed by atoms with van der Waals surface area (Å²) in [7, 11) is 0. The molecule has 2 aromatic rings. The molecule has 0 saturated carbocycles. The number of rotatable bonds is 6. The highest BCUT2D eigenvalue weighted by atomic mass is 16.3. The second kappa shape index (κ2) is 8.63. The van der Waals surface area contributed by atoms with Gasteiger partial charge < -0.3 is 14.6 Å². The number of carbonyl (C=O) groups is 2. The van der Waals surface area contributed by atoms with Crippen LogP contribution >= 0.6 is 0 Å². The summed E-state index contributed by atoms with van der Waals surface area (Å²) in [4.78, 5) is 26.8. The van der Waals surface area contributed by atoms with Crippen molar-refractivity contribution < 1.29 is 14.0 Å². The lowest BCUT2D eigenvalue weighted by Gasteiger charge is -2.33. The summed E-state index contributed by atoms with van der Waals surface area (Å²) >= 11 is 0. The van der Waals surface area contributed by atoms with Gasteiger partial charge in [-0.3, -0.25) is 9.59 Å². The highest BCUT2D eigenvalue weighted by Crippen LogP contribution is 2.28. The first kappa shape index (κ1) is 20.2. The number of hydrogen-bond acceptors (Lipinski definition) is 3. The molecule has 1 atom stereocenters. The maximum atomic E-state index is 12.7. The molecule has 1 aromatic carbocycles. The van der Waals surface area contributed by atoms with E-state index in [4.69, 9.17) is 4.42 Å². The van der Waals surface area contributed by atoms with Crippen molar-refractivity contribution in [2.75, 3.05) is 13.1 Å². The quantitative estimate of drug-likeness (QED) is 0.821. The molecule has 1 aliphatic heterocycles. The molecule has 2 heterocycles. The van der Waals surface area contributed by atoms with E-state index in [2.05, 4.69) is 50.4 Å². The molecule has 150 valence electrons. The number of nitrogens with zero attached hydrogens (tertiary/aromatic N) is 1. The number of amides is 2. The fourth-order valence-electron chi connectivity index (χ4n) is 4.09. The van der Waals surface area contributed by atoms with Crippen molar-refractivity contribution in [1.82, 2.24) is 10.2 Å². The third kappa shape index (κ3) is 4.83. The van der Waals surface area contributed by atoms with Crippen molar-refractivity contribution in [3.05, 3.63) is 60.1 Å². The zero-order valence-electron chi connectivity index (χ0n) is 17.0. The highest BCUT2D eigenvalue weighted by Gasteiger charge is 2.30. The van der Waals surface area contributed by atoms with Crippen LogP contribution in [0.1, 0.15) is 56.2 Å². The summed E-state index contributed by atoms with van der Waals surface area (Å²) in [5.41, 5.74) is 1.27. The van der Waals surface area contributed by atoms with Crippen molar-refractivity contribution in [2.24, 2.45) is 5.92 Å². The Hall–Kier alpha value is -2.56. The van der Waals surface area contributed by atoms with Gasteiger partial charge in [-0.05, 0) is 49.3 Å². The van der Waals surface area contributed by atoms with Crippen molar-refractivity contribution in [3.63, 3.8) is 0 Å². The van der Waals surface area contributed by atoms with Gasteiger partial charge in [0.25, 0.3) is 5.91 Å². The van der Waals surface area contributed by atoms with Gasteiger partial charge in [-0.15, -0.1) is 0 Å². The lowest BCUT2D eigenvalue weighted by Crippen LogP contribution is -2.45.